The van der Waals surface area contributed by atoms with E-state index in [4.69, 9.17) is 10.5 Å². The molecular weight excluding hydrogens is 262 g/mol. The smallest absolute Gasteiger partial charge is 0.124 e. The predicted octanol–water partition coefficient (Wildman–Crippen LogP) is 2.36. The summed E-state index contributed by atoms with van der Waals surface area (Å²) < 4.78 is 5.88. The average molecular weight is 283 g/mol. The zero-order valence-corrected chi connectivity index (χ0v) is 12.3. The zero-order valence-electron chi connectivity index (χ0n) is 12.3. The monoisotopic (exact) mass is 283 g/mol. The molecule has 0 saturated carbocycles. The minimum absolute atomic E-state index is 0.0291. The Morgan fingerprint density at radius 1 is 1.24 bits per heavy atom. The quantitative estimate of drug-likeness (QED) is 0.936. The van der Waals surface area contributed by atoms with Crippen LogP contribution in [0.1, 0.15) is 24.2 Å². The second-order valence-corrected chi connectivity index (χ2v) is 5.33. The highest BCUT2D eigenvalue weighted by atomic mass is 16.5. The molecule has 2 atom stereocenters. The van der Waals surface area contributed by atoms with Crippen molar-refractivity contribution in [3.05, 3.63) is 59.9 Å². The summed E-state index contributed by atoms with van der Waals surface area (Å²) in [6.45, 7) is 4.48. The second kappa shape index (κ2) is 6.24. The van der Waals surface area contributed by atoms with Crippen LogP contribution in [0.4, 0.5) is 0 Å². The van der Waals surface area contributed by atoms with Crippen LogP contribution >= 0.6 is 0 Å². The van der Waals surface area contributed by atoms with Crippen molar-refractivity contribution in [3.8, 4) is 5.75 Å². The molecular formula is C17H21N3O. The fraction of sp³-hybridized carbons (Fsp3) is 0.353. The van der Waals surface area contributed by atoms with Gasteiger partial charge in [0.05, 0.1) is 17.8 Å². The van der Waals surface area contributed by atoms with Crippen LogP contribution in [0.25, 0.3) is 0 Å². The number of hydrogen-bond donors (Lipinski definition) is 1. The topological polar surface area (TPSA) is 51.4 Å². The van der Waals surface area contributed by atoms with Gasteiger partial charge in [-0.2, -0.15) is 0 Å². The number of rotatable bonds is 4. The maximum atomic E-state index is 6.48. The first-order valence-corrected chi connectivity index (χ1v) is 7.41. The zero-order chi connectivity index (χ0) is 14.7. The third-order valence-corrected chi connectivity index (χ3v) is 4.07. The Balaban J connectivity index is 1.79. The summed E-state index contributed by atoms with van der Waals surface area (Å²) in [4.78, 5) is 6.74. The van der Waals surface area contributed by atoms with Gasteiger partial charge in [-0.05, 0) is 24.7 Å². The highest BCUT2D eigenvalue weighted by Gasteiger charge is 2.31. The first-order valence-electron chi connectivity index (χ1n) is 7.41. The van der Waals surface area contributed by atoms with E-state index < -0.39 is 0 Å². The number of nitrogens with zero attached hydrogens (tertiary/aromatic N) is 2. The summed E-state index contributed by atoms with van der Waals surface area (Å²) in [6, 6.07) is 14.2. The summed E-state index contributed by atoms with van der Waals surface area (Å²) >= 11 is 0. The van der Waals surface area contributed by atoms with E-state index in [1.165, 1.54) is 0 Å². The molecule has 0 spiro atoms. The Morgan fingerprint density at radius 2 is 2.05 bits per heavy atom. The SMILES string of the molecule is CCN(Cc1ccccn1)C1COc2ccccc2C1N. The normalized spacial score (nSPS) is 20.9. The van der Waals surface area contributed by atoms with Crippen LogP contribution in [0.3, 0.4) is 0 Å². The van der Waals surface area contributed by atoms with E-state index in [0.717, 1.165) is 30.1 Å². The molecule has 0 amide bonds. The molecule has 0 aliphatic carbocycles. The van der Waals surface area contributed by atoms with Gasteiger partial charge in [-0.15, -0.1) is 0 Å². The van der Waals surface area contributed by atoms with Crippen molar-refractivity contribution in [2.45, 2.75) is 25.6 Å². The summed E-state index contributed by atoms with van der Waals surface area (Å²) in [5.41, 5.74) is 8.63. The van der Waals surface area contributed by atoms with Crippen molar-refractivity contribution in [3.63, 3.8) is 0 Å². The molecule has 0 radical (unpaired) electrons. The van der Waals surface area contributed by atoms with Crippen LogP contribution < -0.4 is 10.5 Å². The molecule has 2 N–H and O–H groups in total. The van der Waals surface area contributed by atoms with E-state index in [0.29, 0.717) is 6.61 Å². The van der Waals surface area contributed by atoms with E-state index in [-0.39, 0.29) is 12.1 Å². The molecule has 0 saturated heterocycles. The third-order valence-electron chi connectivity index (χ3n) is 4.07. The van der Waals surface area contributed by atoms with E-state index in [2.05, 4.69) is 22.9 Å². The number of ether oxygens (including phenoxy) is 1. The Bertz CT molecular complexity index is 588. The van der Waals surface area contributed by atoms with Crippen molar-refractivity contribution in [1.29, 1.82) is 0 Å². The Kier molecular flexibility index (Phi) is 4.18. The van der Waals surface area contributed by atoms with Crippen LogP contribution in [0.5, 0.6) is 5.75 Å². The molecule has 1 aliphatic rings. The van der Waals surface area contributed by atoms with Crippen molar-refractivity contribution < 1.29 is 4.74 Å². The fourth-order valence-electron chi connectivity index (χ4n) is 2.87. The molecule has 2 aromatic rings. The van der Waals surface area contributed by atoms with Crippen molar-refractivity contribution in [1.82, 2.24) is 9.88 Å². The van der Waals surface area contributed by atoms with Gasteiger partial charge in [-0.1, -0.05) is 31.2 Å². The fourth-order valence-corrected chi connectivity index (χ4v) is 2.87. The molecule has 110 valence electrons. The molecule has 0 fully saturated rings. The number of pyridine rings is 1. The van der Waals surface area contributed by atoms with Crippen molar-refractivity contribution in [2.75, 3.05) is 13.2 Å². The van der Waals surface area contributed by atoms with Gasteiger partial charge in [0.15, 0.2) is 0 Å². The van der Waals surface area contributed by atoms with Gasteiger partial charge in [0.1, 0.15) is 12.4 Å². The lowest BCUT2D eigenvalue weighted by Crippen LogP contribution is -2.48. The minimum Gasteiger partial charge on any atom is -0.492 e. The number of aromatic nitrogens is 1. The second-order valence-electron chi connectivity index (χ2n) is 5.33. The molecule has 4 nitrogen and oxygen atoms in total. The molecule has 1 aliphatic heterocycles. The Morgan fingerprint density at radius 3 is 2.81 bits per heavy atom. The van der Waals surface area contributed by atoms with Gasteiger partial charge < -0.3 is 10.5 Å². The van der Waals surface area contributed by atoms with E-state index in [9.17, 15) is 0 Å². The summed E-state index contributed by atoms with van der Waals surface area (Å²) in [7, 11) is 0. The van der Waals surface area contributed by atoms with Gasteiger partial charge >= 0.3 is 0 Å². The first-order chi connectivity index (χ1) is 10.3. The summed E-state index contributed by atoms with van der Waals surface area (Å²) in [6.07, 6.45) is 1.83. The minimum atomic E-state index is -0.0291. The summed E-state index contributed by atoms with van der Waals surface area (Å²) in [5.74, 6) is 0.912. The highest BCUT2D eigenvalue weighted by Crippen LogP contribution is 2.32. The predicted molar refractivity (Wildman–Crippen MR) is 83.0 cm³/mol. The van der Waals surface area contributed by atoms with E-state index in [1.54, 1.807) is 0 Å². The van der Waals surface area contributed by atoms with Crippen LogP contribution in [-0.2, 0) is 6.54 Å². The van der Waals surface area contributed by atoms with Crippen LogP contribution in [0.15, 0.2) is 48.7 Å². The third kappa shape index (κ3) is 2.91. The van der Waals surface area contributed by atoms with Crippen molar-refractivity contribution in [2.24, 2.45) is 5.73 Å². The lowest BCUT2D eigenvalue weighted by Gasteiger charge is -2.38. The molecule has 3 rings (SSSR count). The number of nitrogens with two attached hydrogens (primary N) is 1. The van der Waals surface area contributed by atoms with Crippen LogP contribution in [0, 0.1) is 0 Å². The van der Waals surface area contributed by atoms with Crippen molar-refractivity contribution >= 4 is 0 Å². The molecule has 1 aromatic heterocycles. The maximum Gasteiger partial charge on any atom is 0.124 e. The Hall–Kier alpha value is -1.91. The van der Waals surface area contributed by atoms with Gasteiger partial charge in [0.2, 0.25) is 0 Å². The summed E-state index contributed by atoms with van der Waals surface area (Å²) in [5, 5.41) is 0. The molecule has 0 bridgehead atoms. The van der Waals surface area contributed by atoms with Gasteiger partial charge in [-0.3, -0.25) is 9.88 Å². The lowest BCUT2D eigenvalue weighted by molar-refractivity contribution is 0.0951. The number of para-hydroxylation sites is 1. The lowest BCUT2D eigenvalue weighted by atomic mass is 9.96. The number of hydrogen-bond acceptors (Lipinski definition) is 4. The molecule has 2 heterocycles. The van der Waals surface area contributed by atoms with Gasteiger partial charge in [0, 0.05) is 18.3 Å². The number of likely N-dealkylation sites (N-methyl/N-ethyl adjacent to an activating group) is 1. The maximum absolute atomic E-state index is 6.48. The molecule has 21 heavy (non-hydrogen) atoms. The molecule has 4 heteroatoms. The first kappa shape index (κ1) is 14.0. The van der Waals surface area contributed by atoms with Gasteiger partial charge in [0.25, 0.3) is 0 Å². The Labute approximate surface area is 125 Å². The van der Waals surface area contributed by atoms with Crippen LogP contribution in [0.2, 0.25) is 0 Å². The number of fused-ring (bicyclic) bond motifs is 1. The average Bonchev–Trinajstić information content (AvgIpc) is 2.55. The highest BCUT2D eigenvalue weighted by molar-refractivity contribution is 5.38. The van der Waals surface area contributed by atoms with Gasteiger partial charge in [-0.25, -0.2) is 0 Å². The largest absolute Gasteiger partial charge is 0.492 e. The van der Waals surface area contributed by atoms with Crippen LogP contribution in [-0.4, -0.2) is 29.1 Å². The standard InChI is InChI=1S/C17H21N3O/c1-2-20(11-13-7-5-6-10-19-13)15-12-21-16-9-4-3-8-14(16)17(15)18/h3-10,15,17H,2,11-12,18H2,1H3. The molecule has 2 unspecified atom stereocenters. The number of benzene rings is 1. The van der Waals surface area contributed by atoms with E-state index in [1.807, 2.05) is 42.6 Å². The molecule has 1 aromatic carbocycles. The van der Waals surface area contributed by atoms with E-state index >= 15 is 0 Å².